The van der Waals surface area contributed by atoms with Crippen molar-refractivity contribution in [1.82, 2.24) is 9.97 Å². The van der Waals surface area contributed by atoms with Gasteiger partial charge in [-0.25, -0.2) is 9.97 Å². The fourth-order valence-electron chi connectivity index (χ4n) is 2.00. The van der Waals surface area contributed by atoms with E-state index in [4.69, 9.17) is 0 Å². The molecule has 0 fully saturated rings. The summed E-state index contributed by atoms with van der Waals surface area (Å²) >= 11 is 0. The first-order chi connectivity index (χ1) is 10.5. The monoisotopic (exact) mass is 296 g/mol. The molecule has 0 aliphatic heterocycles. The van der Waals surface area contributed by atoms with Crippen LogP contribution in [0.4, 0.5) is 11.6 Å². The summed E-state index contributed by atoms with van der Waals surface area (Å²) in [4.78, 5) is 20.9. The molecule has 1 aromatic carbocycles. The predicted octanol–water partition coefficient (Wildman–Crippen LogP) is 3.25. The van der Waals surface area contributed by atoms with E-state index >= 15 is 0 Å². The Morgan fingerprint density at radius 2 is 2.05 bits per heavy atom. The van der Waals surface area contributed by atoms with Gasteiger partial charge in [-0.05, 0) is 44.0 Å². The van der Waals surface area contributed by atoms with Gasteiger partial charge in [-0.15, -0.1) is 6.58 Å². The molecule has 1 heterocycles. The van der Waals surface area contributed by atoms with Gasteiger partial charge in [-0.2, -0.15) is 0 Å². The molecule has 2 aromatic rings. The Bertz CT molecular complexity index is 710. The smallest absolute Gasteiger partial charge is 0.274 e. The summed E-state index contributed by atoms with van der Waals surface area (Å²) in [5.74, 6) is 0.173. The molecule has 0 spiro atoms. The third-order valence-corrected chi connectivity index (χ3v) is 3.34. The number of carbonyl (C=O) groups excluding carboxylic acids is 1. The molecule has 22 heavy (non-hydrogen) atoms. The van der Waals surface area contributed by atoms with Crippen molar-refractivity contribution in [1.29, 1.82) is 0 Å². The van der Waals surface area contributed by atoms with Crippen molar-refractivity contribution >= 4 is 17.5 Å². The number of nitrogens with one attached hydrogen (secondary N) is 2. The highest BCUT2D eigenvalue weighted by Gasteiger charge is 2.12. The first-order valence-corrected chi connectivity index (χ1v) is 7.09. The molecule has 1 aromatic heterocycles. The lowest BCUT2D eigenvalue weighted by atomic mass is 10.1. The maximum absolute atomic E-state index is 12.4. The van der Waals surface area contributed by atoms with Gasteiger partial charge in [-0.1, -0.05) is 18.2 Å². The van der Waals surface area contributed by atoms with E-state index in [1.807, 2.05) is 39.0 Å². The van der Waals surface area contributed by atoms with Crippen LogP contribution in [-0.2, 0) is 0 Å². The van der Waals surface area contributed by atoms with Gasteiger partial charge in [0.1, 0.15) is 5.69 Å². The molecule has 0 saturated carbocycles. The number of hydrogen-bond acceptors (Lipinski definition) is 4. The maximum atomic E-state index is 12.4. The van der Waals surface area contributed by atoms with Crippen molar-refractivity contribution in [3.8, 4) is 0 Å². The lowest BCUT2D eigenvalue weighted by Crippen LogP contribution is -2.17. The van der Waals surface area contributed by atoms with E-state index in [0.29, 0.717) is 18.2 Å². The van der Waals surface area contributed by atoms with Crippen molar-refractivity contribution in [2.45, 2.75) is 20.8 Å². The van der Waals surface area contributed by atoms with Gasteiger partial charge < -0.3 is 10.6 Å². The van der Waals surface area contributed by atoms with Crippen LogP contribution < -0.4 is 10.6 Å². The van der Waals surface area contributed by atoms with Crippen LogP contribution >= 0.6 is 0 Å². The Kier molecular flexibility index (Phi) is 4.88. The first kappa shape index (κ1) is 15.7. The number of amides is 1. The molecular weight excluding hydrogens is 276 g/mol. The third kappa shape index (κ3) is 3.69. The molecule has 5 heteroatoms. The average Bonchev–Trinajstić information content (AvgIpc) is 2.49. The summed E-state index contributed by atoms with van der Waals surface area (Å²) in [6.45, 7) is 9.99. The van der Waals surface area contributed by atoms with E-state index in [-0.39, 0.29) is 5.91 Å². The average molecular weight is 296 g/mol. The first-order valence-electron chi connectivity index (χ1n) is 7.09. The number of benzene rings is 1. The van der Waals surface area contributed by atoms with Gasteiger partial charge >= 0.3 is 0 Å². The number of hydrogen-bond donors (Lipinski definition) is 2. The normalized spacial score (nSPS) is 10.1. The van der Waals surface area contributed by atoms with Crippen molar-refractivity contribution in [3.05, 3.63) is 59.4 Å². The molecule has 0 saturated heterocycles. The maximum Gasteiger partial charge on any atom is 0.274 e. The van der Waals surface area contributed by atoms with E-state index in [9.17, 15) is 4.79 Å². The Morgan fingerprint density at radius 1 is 1.27 bits per heavy atom. The minimum atomic E-state index is -0.249. The molecule has 0 aliphatic carbocycles. The molecule has 0 atom stereocenters. The van der Waals surface area contributed by atoms with Crippen LogP contribution in [0.15, 0.2) is 36.9 Å². The van der Waals surface area contributed by atoms with Gasteiger partial charge in [0.25, 0.3) is 5.91 Å². The number of aromatic nitrogens is 2. The minimum Gasteiger partial charge on any atom is -0.351 e. The lowest BCUT2D eigenvalue weighted by Gasteiger charge is -2.11. The summed E-state index contributed by atoms with van der Waals surface area (Å²) in [6.07, 6.45) is 1.71. The summed E-state index contributed by atoms with van der Waals surface area (Å²) in [5, 5.41) is 5.90. The Labute approximate surface area is 130 Å². The molecule has 0 unspecified atom stereocenters. The Hall–Kier alpha value is -2.69. The van der Waals surface area contributed by atoms with Crippen LogP contribution in [0.2, 0.25) is 0 Å². The second-order valence-electron chi connectivity index (χ2n) is 5.09. The topological polar surface area (TPSA) is 66.9 Å². The van der Waals surface area contributed by atoms with Crippen LogP contribution in [0, 0.1) is 20.8 Å². The summed E-state index contributed by atoms with van der Waals surface area (Å²) in [7, 11) is 0. The van der Waals surface area contributed by atoms with Crippen LogP contribution in [0.25, 0.3) is 0 Å². The molecule has 2 rings (SSSR count). The molecular formula is C17H20N4O. The van der Waals surface area contributed by atoms with Crippen molar-refractivity contribution < 1.29 is 4.79 Å². The van der Waals surface area contributed by atoms with Gasteiger partial charge in [0.2, 0.25) is 5.95 Å². The zero-order valence-electron chi connectivity index (χ0n) is 13.1. The minimum absolute atomic E-state index is 0.249. The summed E-state index contributed by atoms with van der Waals surface area (Å²) in [6, 6.07) is 7.47. The van der Waals surface area contributed by atoms with Gasteiger partial charge in [0.05, 0.1) is 0 Å². The number of nitrogens with zero attached hydrogens (tertiary/aromatic N) is 2. The highest BCUT2D eigenvalue weighted by Crippen LogP contribution is 2.18. The van der Waals surface area contributed by atoms with Gasteiger partial charge in [-0.3, -0.25) is 4.79 Å². The van der Waals surface area contributed by atoms with Crippen LogP contribution in [0.3, 0.4) is 0 Å². The summed E-state index contributed by atoms with van der Waals surface area (Å²) < 4.78 is 0. The highest BCUT2D eigenvalue weighted by molar-refractivity contribution is 6.03. The molecule has 0 aliphatic rings. The third-order valence-electron chi connectivity index (χ3n) is 3.34. The number of aryl methyl sites for hydroxylation is 2. The van der Waals surface area contributed by atoms with Crippen LogP contribution in [0.5, 0.6) is 0 Å². The van der Waals surface area contributed by atoms with Crippen molar-refractivity contribution in [2.75, 3.05) is 17.2 Å². The molecule has 1 amide bonds. The largest absolute Gasteiger partial charge is 0.351 e. The second-order valence-corrected chi connectivity index (χ2v) is 5.09. The van der Waals surface area contributed by atoms with Crippen molar-refractivity contribution in [2.24, 2.45) is 0 Å². The molecule has 0 bridgehead atoms. The number of rotatable bonds is 5. The standard InChI is InChI=1S/C17H20N4O/c1-5-9-18-17-19-12(3)10-15(21-17)16(22)20-14-8-6-7-11(2)13(14)4/h5-8,10H,1,9H2,2-4H3,(H,20,22)(H,18,19,21). The Morgan fingerprint density at radius 3 is 2.77 bits per heavy atom. The fourth-order valence-corrected chi connectivity index (χ4v) is 2.00. The zero-order chi connectivity index (χ0) is 16.1. The van der Waals surface area contributed by atoms with Crippen molar-refractivity contribution in [3.63, 3.8) is 0 Å². The second kappa shape index (κ2) is 6.85. The molecule has 5 nitrogen and oxygen atoms in total. The molecule has 114 valence electrons. The van der Waals surface area contributed by atoms with E-state index in [1.54, 1.807) is 12.1 Å². The van der Waals surface area contributed by atoms with E-state index in [0.717, 1.165) is 22.5 Å². The lowest BCUT2D eigenvalue weighted by molar-refractivity contribution is 0.102. The van der Waals surface area contributed by atoms with Gasteiger partial charge in [0, 0.05) is 17.9 Å². The summed E-state index contributed by atoms with van der Waals surface area (Å²) in [5.41, 5.74) is 4.03. The zero-order valence-corrected chi connectivity index (χ0v) is 13.1. The predicted molar refractivity (Wildman–Crippen MR) is 89.3 cm³/mol. The molecule has 0 radical (unpaired) electrons. The van der Waals surface area contributed by atoms with E-state index < -0.39 is 0 Å². The fraction of sp³-hybridized carbons (Fsp3) is 0.235. The SMILES string of the molecule is C=CCNc1nc(C)cc(C(=O)Nc2cccc(C)c2C)n1. The van der Waals surface area contributed by atoms with E-state index in [2.05, 4.69) is 27.2 Å². The number of anilines is 2. The van der Waals surface area contributed by atoms with Crippen LogP contribution in [-0.4, -0.2) is 22.4 Å². The highest BCUT2D eigenvalue weighted by atomic mass is 16.1. The quantitative estimate of drug-likeness (QED) is 0.831. The Balaban J connectivity index is 2.23. The molecule has 2 N–H and O–H groups in total. The van der Waals surface area contributed by atoms with Crippen LogP contribution in [0.1, 0.15) is 27.3 Å². The van der Waals surface area contributed by atoms with E-state index in [1.165, 1.54) is 0 Å². The number of carbonyl (C=O) groups is 1. The van der Waals surface area contributed by atoms with Gasteiger partial charge in [0.15, 0.2) is 0 Å².